The second-order valence-electron chi connectivity index (χ2n) is 8.35. The van der Waals surface area contributed by atoms with Crippen molar-refractivity contribution < 1.29 is 4.79 Å². The van der Waals surface area contributed by atoms with Crippen LogP contribution in [0.5, 0.6) is 0 Å². The standard InChI is InChI=1S/C28H30N2OS/c1-20-12-10-17-24(21(20)2)30-27(31)26-23-16-8-3-4-9-18-25(23)32-28(26)29-19-11-15-22-13-6-5-7-14-22/h5-7,10-15,17,19H,3-4,8-9,16,18H2,1-2H3,(H,30,31)/b15-11+,29-19?. The summed E-state index contributed by atoms with van der Waals surface area (Å²) in [6.45, 7) is 4.12. The normalized spacial score (nSPS) is 14.3. The molecule has 0 atom stereocenters. The average Bonchev–Trinajstić information content (AvgIpc) is 3.11. The van der Waals surface area contributed by atoms with Crippen LogP contribution in [0.3, 0.4) is 0 Å². The van der Waals surface area contributed by atoms with E-state index < -0.39 is 0 Å². The average molecular weight is 443 g/mol. The summed E-state index contributed by atoms with van der Waals surface area (Å²) in [6.07, 6.45) is 12.6. The Morgan fingerprint density at radius 2 is 1.75 bits per heavy atom. The van der Waals surface area contributed by atoms with Crippen molar-refractivity contribution in [1.82, 2.24) is 0 Å². The third kappa shape index (κ3) is 5.25. The number of rotatable bonds is 5. The molecule has 1 aliphatic rings. The van der Waals surface area contributed by atoms with Crippen LogP contribution in [0.25, 0.3) is 6.08 Å². The van der Waals surface area contributed by atoms with Gasteiger partial charge < -0.3 is 5.32 Å². The van der Waals surface area contributed by atoms with Crippen molar-refractivity contribution in [1.29, 1.82) is 0 Å². The minimum Gasteiger partial charge on any atom is -0.322 e. The highest BCUT2D eigenvalue weighted by Gasteiger charge is 2.24. The monoisotopic (exact) mass is 442 g/mol. The molecule has 0 bridgehead atoms. The molecule has 2 aromatic carbocycles. The van der Waals surface area contributed by atoms with Crippen LogP contribution in [0.15, 0.2) is 59.6 Å². The van der Waals surface area contributed by atoms with E-state index in [1.807, 2.05) is 42.5 Å². The molecule has 1 aromatic heterocycles. The van der Waals surface area contributed by atoms with Crippen LogP contribution in [-0.4, -0.2) is 12.1 Å². The smallest absolute Gasteiger partial charge is 0.259 e. The molecular formula is C28H30N2OS. The molecule has 0 radical (unpaired) electrons. The van der Waals surface area contributed by atoms with Gasteiger partial charge in [0.2, 0.25) is 0 Å². The van der Waals surface area contributed by atoms with Gasteiger partial charge in [-0.15, -0.1) is 11.3 Å². The lowest BCUT2D eigenvalue weighted by molar-refractivity contribution is 0.102. The lowest BCUT2D eigenvalue weighted by Crippen LogP contribution is -2.15. The maximum atomic E-state index is 13.5. The lowest BCUT2D eigenvalue weighted by Gasteiger charge is -2.13. The fourth-order valence-electron chi connectivity index (χ4n) is 4.13. The summed E-state index contributed by atoms with van der Waals surface area (Å²) in [6, 6.07) is 16.2. The Morgan fingerprint density at radius 1 is 0.969 bits per heavy atom. The molecular weight excluding hydrogens is 412 g/mol. The number of thiophene rings is 1. The summed E-state index contributed by atoms with van der Waals surface area (Å²) in [5.41, 5.74) is 6.25. The number of aliphatic imine (C=N–C) groups is 1. The first-order valence-electron chi connectivity index (χ1n) is 11.4. The summed E-state index contributed by atoms with van der Waals surface area (Å²) >= 11 is 1.68. The van der Waals surface area contributed by atoms with E-state index in [1.165, 1.54) is 35.3 Å². The van der Waals surface area contributed by atoms with Gasteiger partial charge in [0.15, 0.2) is 0 Å². The number of nitrogens with one attached hydrogen (secondary N) is 1. The molecule has 3 aromatic rings. The van der Waals surface area contributed by atoms with Gasteiger partial charge in [-0.2, -0.15) is 0 Å². The van der Waals surface area contributed by atoms with Crippen LogP contribution < -0.4 is 5.32 Å². The second-order valence-corrected chi connectivity index (χ2v) is 9.43. The molecule has 0 saturated heterocycles. The van der Waals surface area contributed by atoms with E-state index in [-0.39, 0.29) is 5.91 Å². The van der Waals surface area contributed by atoms with Crippen LogP contribution in [0.4, 0.5) is 10.7 Å². The Balaban J connectivity index is 1.65. The number of anilines is 1. The summed E-state index contributed by atoms with van der Waals surface area (Å²) in [7, 11) is 0. The molecule has 164 valence electrons. The summed E-state index contributed by atoms with van der Waals surface area (Å²) in [5.74, 6) is -0.0454. The minimum absolute atomic E-state index is 0.0454. The van der Waals surface area contributed by atoms with Gasteiger partial charge >= 0.3 is 0 Å². The summed E-state index contributed by atoms with van der Waals surface area (Å²) in [5, 5.41) is 3.99. The van der Waals surface area contributed by atoms with Crippen molar-refractivity contribution in [3.63, 3.8) is 0 Å². The largest absolute Gasteiger partial charge is 0.322 e. The van der Waals surface area contributed by atoms with Gasteiger partial charge in [-0.1, -0.05) is 61.4 Å². The predicted octanol–water partition coefficient (Wildman–Crippen LogP) is 7.69. The van der Waals surface area contributed by atoms with Crippen molar-refractivity contribution in [2.24, 2.45) is 4.99 Å². The van der Waals surface area contributed by atoms with E-state index in [9.17, 15) is 4.79 Å². The zero-order valence-electron chi connectivity index (χ0n) is 18.9. The number of hydrogen-bond acceptors (Lipinski definition) is 3. The van der Waals surface area contributed by atoms with Crippen molar-refractivity contribution in [3.05, 3.63) is 87.3 Å². The van der Waals surface area contributed by atoms with E-state index in [2.05, 4.69) is 37.4 Å². The molecule has 0 spiro atoms. The Labute approximate surface area is 194 Å². The Hall–Kier alpha value is -2.98. The van der Waals surface area contributed by atoms with Gasteiger partial charge in [0.05, 0.1) is 5.56 Å². The van der Waals surface area contributed by atoms with Gasteiger partial charge in [0.1, 0.15) is 5.00 Å². The third-order valence-electron chi connectivity index (χ3n) is 6.10. The van der Waals surface area contributed by atoms with E-state index in [0.29, 0.717) is 0 Å². The summed E-state index contributed by atoms with van der Waals surface area (Å²) < 4.78 is 0. The van der Waals surface area contributed by atoms with Crippen LogP contribution in [0.1, 0.15) is 63.2 Å². The van der Waals surface area contributed by atoms with Crippen LogP contribution in [0.2, 0.25) is 0 Å². The van der Waals surface area contributed by atoms with E-state index in [1.54, 1.807) is 17.6 Å². The number of fused-ring (bicyclic) bond motifs is 1. The molecule has 4 heteroatoms. The number of amides is 1. The number of hydrogen-bond donors (Lipinski definition) is 1. The van der Waals surface area contributed by atoms with Crippen molar-refractivity contribution in [2.75, 3.05) is 5.32 Å². The van der Waals surface area contributed by atoms with Gasteiger partial charge in [0.25, 0.3) is 5.91 Å². The van der Waals surface area contributed by atoms with Crippen LogP contribution in [-0.2, 0) is 12.8 Å². The Kier molecular flexibility index (Phi) is 7.33. The quantitative estimate of drug-likeness (QED) is 0.404. The molecule has 0 aliphatic heterocycles. The van der Waals surface area contributed by atoms with Gasteiger partial charge in [-0.3, -0.25) is 4.79 Å². The highest BCUT2D eigenvalue weighted by molar-refractivity contribution is 7.16. The molecule has 1 amide bonds. The first-order valence-corrected chi connectivity index (χ1v) is 12.2. The molecule has 0 fully saturated rings. The molecule has 0 unspecified atom stereocenters. The molecule has 32 heavy (non-hydrogen) atoms. The fourth-order valence-corrected chi connectivity index (χ4v) is 5.37. The van der Waals surface area contributed by atoms with Crippen molar-refractivity contribution in [2.45, 2.75) is 52.4 Å². The first kappa shape index (κ1) is 22.2. The fraction of sp³-hybridized carbons (Fsp3) is 0.286. The molecule has 4 rings (SSSR count). The molecule has 1 heterocycles. The number of carbonyl (C=O) groups is 1. The molecule has 3 nitrogen and oxygen atoms in total. The Morgan fingerprint density at radius 3 is 2.56 bits per heavy atom. The first-order chi connectivity index (χ1) is 15.6. The number of aryl methyl sites for hydroxylation is 2. The Bertz CT molecular complexity index is 1140. The van der Waals surface area contributed by atoms with Gasteiger partial charge in [-0.05, 0) is 73.9 Å². The number of nitrogens with zero attached hydrogens (tertiary/aromatic N) is 1. The van der Waals surface area contributed by atoms with E-state index in [0.717, 1.165) is 46.6 Å². The van der Waals surface area contributed by atoms with Crippen LogP contribution in [0, 0.1) is 13.8 Å². The van der Waals surface area contributed by atoms with Crippen molar-refractivity contribution >= 4 is 40.2 Å². The summed E-state index contributed by atoms with van der Waals surface area (Å²) in [4.78, 5) is 19.6. The third-order valence-corrected chi connectivity index (χ3v) is 7.30. The molecule has 1 N–H and O–H groups in total. The van der Waals surface area contributed by atoms with Gasteiger partial charge in [-0.25, -0.2) is 4.99 Å². The number of carbonyl (C=O) groups excluding carboxylic acids is 1. The predicted molar refractivity (Wildman–Crippen MR) is 138 cm³/mol. The minimum atomic E-state index is -0.0454. The highest BCUT2D eigenvalue weighted by Crippen LogP contribution is 2.39. The van der Waals surface area contributed by atoms with Crippen LogP contribution >= 0.6 is 11.3 Å². The maximum Gasteiger partial charge on any atom is 0.259 e. The van der Waals surface area contributed by atoms with E-state index in [4.69, 9.17) is 4.99 Å². The molecule has 1 aliphatic carbocycles. The van der Waals surface area contributed by atoms with Crippen molar-refractivity contribution in [3.8, 4) is 0 Å². The zero-order chi connectivity index (χ0) is 22.3. The highest BCUT2D eigenvalue weighted by atomic mass is 32.1. The molecule has 0 saturated carbocycles. The van der Waals surface area contributed by atoms with E-state index >= 15 is 0 Å². The maximum absolute atomic E-state index is 13.5. The zero-order valence-corrected chi connectivity index (χ0v) is 19.7. The topological polar surface area (TPSA) is 41.5 Å². The second kappa shape index (κ2) is 10.6. The van der Waals surface area contributed by atoms with Gasteiger partial charge in [0, 0.05) is 16.8 Å². The lowest BCUT2D eigenvalue weighted by atomic mass is 9.96. The number of benzene rings is 2. The SMILES string of the molecule is Cc1cccc(NC(=O)c2c(N=C/C=C/c3ccccc3)sc3c2CCCCCC3)c1C. The number of allylic oxidation sites excluding steroid dienone is 1.